The molecule has 0 saturated carbocycles. The molecule has 1 atom stereocenters. The van der Waals surface area contributed by atoms with Crippen LogP contribution in [0.4, 0.5) is 24.9 Å². The number of amides is 1. The van der Waals surface area contributed by atoms with E-state index >= 15 is 0 Å². The fourth-order valence-corrected chi connectivity index (χ4v) is 4.59. The van der Waals surface area contributed by atoms with Crippen LogP contribution in [0.3, 0.4) is 0 Å². The number of rotatable bonds is 5. The predicted molar refractivity (Wildman–Crippen MR) is 125 cm³/mol. The average Bonchev–Trinajstić information content (AvgIpc) is 3.51. The Morgan fingerprint density at radius 2 is 2.06 bits per heavy atom. The summed E-state index contributed by atoms with van der Waals surface area (Å²) in [6, 6.07) is -0.108. The van der Waals surface area contributed by atoms with Gasteiger partial charge < -0.3 is 15.1 Å². The Balaban J connectivity index is 1.35. The van der Waals surface area contributed by atoms with E-state index in [2.05, 4.69) is 41.8 Å². The number of carbonyl (C=O) groups is 1. The van der Waals surface area contributed by atoms with E-state index in [1.54, 1.807) is 11.9 Å². The molecule has 0 unspecified atom stereocenters. The number of nitrogens with zero attached hydrogens (tertiary/aromatic N) is 8. The first kappa shape index (κ1) is 23.7. The van der Waals surface area contributed by atoms with Crippen molar-refractivity contribution in [1.29, 1.82) is 0 Å². The van der Waals surface area contributed by atoms with E-state index < -0.39 is 11.7 Å². The van der Waals surface area contributed by atoms with Gasteiger partial charge in [0.15, 0.2) is 0 Å². The molecule has 0 radical (unpaired) electrons. The normalized spacial score (nSPS) is 17.7. The Morgan fingerprint density at radius 1 is 1.22 bits per heavy atom. The van der Waals surface area contributed by atoms with Gasteiger partial charge in [-0.3, -0.25) is 9.48 Å². The highest BCUT2D eigenvalue weighted by atomic mass is 19.4. The van der Waals surface area contributed by atoms with Crippen LogP contribution in [0.2, 0.25) is 0 Å². The first-order chi connectivity index (χ1) is 17.2. The number of fused-ring (bicyclic) bond motifs is 1. The number of halogens is 3. The lowest BCUT2D eigenvalue weighted by Gasteiger charge is -2.30. The van der Waals surface area contributed by atoms with Crippen LogP contribution < -0.4 is 10.2 Å². The van der Waals surface area contributed by atoms with E-state index in [0.29, 0.717) is 39.0 Å². The van der Waals surface area contributed by atoms with E-state index in [0.717, 1.165) is 23.3 Å². The van der Waals surface area contributed by atoms with Crippen molar-refractivity contribution in [3.63, 3.8) is 0 Å². The Kier molecular flexibility index (Phi) is 6.06. The van der Waals surface area contributed by atoms with Gasteiger partial charge in [-0.1, -0.05) is 6.58 Å². The van der Waals surface area contributed by atoms with Crippen molar-refractivity contribution in [2.75, 3.05) is 29.9 Å². The summed E-state index contributed by atoms with van der Waals surface area (Å²) in [4.78, 5) is 33.0. The molecule has 3 aromatic heterocycles. The van der Waals surface area contributed by atoms with Crippen molar-refractivity contribution in [1.82, 2.24) is 34.6 Å². The quantitative estimate of drug-likeness (QED) is 0.534. The summed E-state index contributed by atoms with van der Waals surface area (Å²) in [5.74, 6) is 0.733. The van der Waals surface area contributed by atoms with Crippen molar-refractivity contribution in [2.24, 2.45) is 7.05 Å². The van der Waals surface area contributed by atoms with Crippen LogP contribution in [-0.2, 0) is 31.0 Å². The van der Waals surface area contributed by atoms with Gasteiger partial charge in [-0.2, -0.15) is 18.3 Å². The number of aryl methyl sites for hydroxylation is 1. The number of aromatic nitrogens is 6. The maximum atomic E-state index is 13.6. The van der Waals surface area contributed by atoms with Crippen molar-refractivity contribution >= 4 is 17.7 Å². The van der Waals surface area contributed by atoms with Crippen molar-refractivity contribution in [3.8, 4) is 11.3 Å². The summed E-state index contributed by atoms with van der Waals surface area (Å²) in [5, 5.41) is 7.14. The van der Waals surface area contributed by atoms with Crippen LogP contribution >= 0.6 is 0 Å². The summed E-state index contributed by atoms with van der Waals surface area (Å²) in [7, 11) is 1.63. The van der Waals surface area contributed by atoms with Crippen LogP contribution in [0.5, 0.6) is 0 Å². The van der Waals surface area contributed by atoms with Gasteiger partial charge in [0, 0.05) is 62.7 Å². The van der Waals surface area contributed by atoms with Crippen LogP contribution in [0.15, 0.2) is 37.6 Å². The second-order valence-electron chi connectivity index (χ2n) is 8.77. The SMILES string of the molecule is C=CC(=O)N1CCc2ncnc(N3CC[C@@H](Nc4ncc(C(F)(F)F)c(-c5cnn(C)c5)n4)C3)c2C1. The van der Waals surface area contributed by atoms with Gasteiger partial charge in [-0.05, 0) is 12.5 Å². The number of alkyl halides is 3. The van der Waals surface area contributed by atoms with E-state index in [9.17, 15) is 18.0 Å². The molecular weight excluding hydrogens is 475 g/mol. The molecule has 0 bridgehead atoms. The minimum absolute atomic E-state index is 0.108. The number of nitrogens with one attached hydrogen (secondary N) is 1. The Hall–Kier alpha value is -4.03. The van der Waals surface area contributed by atoms with Gasteiger partial charge in [-0.25, -0.2) is 19.9 Å². The largest absolute Gasteiger partial charge is 0.419 e. The number of anilines is 2. The molecule has 0 aromatic carbocycles. The Morgan fingerprint density at radius 3 is 2.78 bits per heavy atom. The van der Waals surface area contributed by atoms with Crippen molar-refractivity contribution in [3.05, 3.63) is 54.4 Å². The summed E-state index contributed by atoms with van der Waals surface area (Å²) < 4.78 is 42.2. The predicted octanol–water partition coefficient (Wildman–Crippen LogP) is 2.45. The van der Waals surface area contributed by atoms with Gasteiger partial charge in [0.05, 0.1) is 24.1 Å². The van der Waals surface area contributed by atoms with Crippen LogP contribution in [0.25, 0.3) is 11.3 Å². The molecule has 1 saturated heterocycles. The standard InChI is InChI=1S/C23H24F3N9O/c1-3-19(36)34-7-5-18-16(12-34)21(29-13-28-18)35-6-4-15(11-35)31-22-27-9-17(23(24,25)26)20(32-22)14-8-30-33(2)10-14/h3,8-10,13,15H,1,4-7,11-12H2,2H3,(H,27,31,32)/t15-/m1/s1. The van der Waals surface area contributed by atoms with Gasteiger partial charge in [0.1, 0.15) is 17.7 Å². The smallest absolute Gasteiger partial charge is 0.354 e. The van der Waals surface area contributed by atoms with Crippen LogP contribution in [0.1, 0.15) is 23.2 Å². The molecule has 3 aromatic rings. The lowest BCUT2D eigenvalue weighted by Crippen LogP contribution is -2.37. The molecule has 5 heterocycles. The number of hydrogen-bond acceptors (Lipinski definition) is 8. The zero-order valence-electron chi connectivity index (χ0n) is 19.5. The molecule has 188 valence electrons. The molecule has 5 rings (SSSR count). The highest BCUT2D eigenvalue weighted by Gasteiger charge is 2.36. The highest BCUT2D eigenvalue weighted by molar-refractivity contribution is 5.87. The van der Waals surface area contributed by atoms with E-state index in [1.165, 1.54) is 29.5 Å². The average molecular weight is 500 g/mol. The summed E-state index contributed by atoms with van der Waals surface area (Å²) in [6.45, 7) is 5.76. The van der Waals surface area contributed by atoms with Gasteiger partial charge >= 0.3 is 6.18 Å². The Bertz CT molecular complexity index is 1310. The van der Waals surface area contributed by atoms with E-state index in [1.807, 2.05) is 0 Å². The molecule has 36 heavy (non-hydrogen) atoms. The van der Waals surface area contributed by atoms with Crippen molar-refractivity contribution in [2.45, 2.75) is 31.6 Å². The molecule has 13 heteroatoms. The fraction of sp³-hybridized carbons (Fsp3) is 0.391. The summed E-state index contributed by atoms with van der Waals surface area (Å²) in [6.07, 6.45) is 3.20. The number of carbonyl (C=O) groups excluding carboxylic acids is 1. The zero-order valence-corrected chi connectivity index (χ0v) is 19.5. The van der Waals surface area contributed by atoms with E-state index in [4.69, 9.17) is 0 Å². The molecule has 0 aliphatic carbocycles. The molecule has 2 aliphatic rings. The highest BCUT2D eigenvalue weighted by Crippen LogP contribution is 2.36. The van der Waals surface area contributed by atoms with E-state index in [-0.39, 0.29) is 29.2 Å². The molecule has 2 aliphatic heterocycles. The third-order valence-electron chi connectivity index (χ3n) is 6.36. The molecule has 1 amide bonds. The molecule has 1 N–H and O–H groups in total. The van der Waals surface area contributed by atoms with Crippen molar-refractivity contribution < 1.29 is 18.0 Å². The molecule has 10 nitrogen and oxygen atoms in total. The van der Waals surface area contributed by atoms with Crippen LogP contribution in [0, 0.1) is 0 Å². The maximum absolute atomic E-state index is 13.6. The Labute approximate surface area is 204 Å². The minimum Gasteiger partial charge on any atom is -0.354 e. The molecule has 0 spiro atoms. The lowest BCUT2D eigenvalue weighted by molar-refractivity contribution is -0.137. The third-order valence-corrected chi connectivity index (χ3v) is 6.36. The van der Waals surface area contributed by atoms with Gasteiger partial charge in [-0.15, -0.1) is 0 Å². The van der Waals surface area contributed by atoms with Gasteiger partial charge in [0.2, 0.25) is 11.9 Å². The summed E-state index contributed by atoms with van der Waals surface area (Å²) in [5.41, 5.74) is 0.940. The van der Waals surface area contributed by atoms with Gasteiger partial charge in [0.25, 0.3) is 0 Å². The maximum Gasteiger partial charge on any atom is 0.419 e. The zero-order chi connectivity index (χ0) is 25.4. The molecule has 1 fully saturated rings. The topological polar surface area (TPSA) is 105 Å². The first-order valence-electron chi connectivity index (χ1n) is 11.4. The fourth-order valence-electron chi connectivity index (χ4n) is 4.59. The monoisotopic (exact) mass is 499 g/mol. The van der Waals surface area contributed by atoms with Crippen LogP contribution in [-0.4, -0.2) is 66.2 Å². The second-order valence-corrected chi connectivity index (χ2v) is 8.77. The summed E-state index contributed by atoms with van der Waals surface area (Å²) >= 11 is 0. The first-order valence-corrected chi connectivity index (χ1v) is 11.4. The number of hydrogen-bond donors (Lipinski definition) is 1. The molecular formula is C23H24F3N9O. The lowest BCUT2D eigenvalue weighted by atomic mass is 10.1. The second kappa shape index (κ2) is 9.21. The minimum atomic E-state index is -4.60. The third kappa shape index (κ3) is 4.60.